The van der Waals surface area contributed by atoms with Crippen LogP contribution in [0.4, 0.5) is 13.2 Å². The molecule has 0 saturated heterocycles. The van der Waals surface area contributed by atoms with Gasteiger partial charge in [-0.25, -0.2) is 13.4 Å². The van der Waals surface area contributed by atoms with Crippen molar-refractivity contribution in [3.63, 3.8) is 0 Å². The second-order valence-corrected chi connectivity index (χ2v) is 6.52. The molecule has 0 aliphatic carbocycles. The van der Waals surface area contributed by atoms with Crippen molar-refractivity contribution >= 4 is 42.3 Å². The number of alkyl halides is 3. The summed E-state index contributed by atoms with van der Waals surface area (Å²) in [7, 11) is 0.672. The zero-order valence-electron chi connectivity index (χ0n) is 8.05. The summed E-state index contributed by atoms with van der Waals surface area (Å²) in [6.45, 7) is 1.31. The molecule has 96 valence electrons. The van der Waals surface area contributed by atoms with Crippen LogP contribution in [0.2, 0.25) is 0 Å². The van der Waals surface area contributed by atoms with Gasteiger partial charge in [-0.1, -0.05) is 0 Å². The number of pyridine rings is 1. The number of hydrogen-bond acceptors (Lipinski definition) is 4. The van der Waals surface area contributed by atoms with Crippen molar-refractivity contribution in [3.8, 4) is 5.88 Å². The molecule has 17 heavy (non-hydrogen) atoms. The Morgan fingerprint density at radius 3 is 2.41 bits per heavy atom. The van der Waals surface area contributed by atoms with E-state index in [1.54, 1.807) is 22.6 Å². The van der Waals surface area contributed by atoms with Gasteiger partial charge in [-0.05, 0) is 35.1 Å². The largest absolute Gasteiger partial charge is 0.574 e. The highest BCUT2D eigenvalue weighted by Gasteiger charge is 2.35. The minimum absolute atomic E-state index is 0.0508. The van der Waals surface area contributed by atoms with Crippen LogP contribution in [-0.4, -0.2) is 19.8 Å². The summed E-state index contributed by atoms with van der Waals surface area (Å²) >= 11 is 1.72. The van der Waals surface area contributed by atoms with Gasteiger partial charge < -0.3 is 4.74 Å². The van der Waals surface area contributed by atoms with E-state index >= 15 is 0 Å². The molecule has 1 heterocycles. The van der Waals surface area contributed by atoms with Crippen molar-refractivity contribution < 1.29 is 26.3 Å². The van der Waals surface area contributed by atoms with Gasteiger partial charge in [-0.3, -0.25) is 0 Å². The van der Waals surface area contributed by atoms with Crippen molar-refractivity contribution in [2.75, 3.05) is 0 Å². The summed E-state index contributed by atoms with van der Waals surface area (Å²) in [4.78, 5) is 2.50. The van der Waals surface area contributed by atoms with Gasteiger partial charge in [0.2, 0.25) is 5.88 Å². The maximum Gasteiger partial charge on any atom is 0.574 e. The molecular formula is C7H4ClF3INO3S. The molecule has 0 spiro atoms. The third kappa shape index (κ3) is 3.85. The highest BCUT2D eigenvalue weighted by Crippen LogP contribution is 2.33. The zero-order chi connectivity index (χ0) is 13.4. The first-order valence-corrected chi connectivity index (χ1v) is 7.26. The number of hydrogen-bond donors (Lipinski definition) is 0. The molecule has 0 radical (unpaired) electrons. The van der Waals surface area contributed by atoms with Crippen LogP contribution in [0.15, 0.2) is 11.1 Å². The second-order valence-electron chi connectivity index (χ2n) is 2.85. The maximum absolute atomic E-state index is 12.0. The normalized spacial score (nSPS) is 12.6. The van der Waals surface area contributed by atoms with Crippen LogP contribution in [0.1, 0.15) is 5.56 Å². The van der Waals surface area contributed by atoms with Crippen molar-refractivity contribution in [2.45, 2.75) is 18.2 Å². The lowest BCUT2D eigenvalue weighted by Gasteiger charge is -2.12. The van der Waals surface area contributed by atoms with Crippen LogP contribution in [0.5, 0.6) is 5.88 Å². The number of nitrogens with zero attached hydrogens (tertiary/aromatic N) is 1. The average Bonchev–Trinajstić information content (AvgIpc) is 2.06. The monoisotopic (exact) mass is 401 g/mol. The third-order valence-electron chi connectivity index (χ3n) is 1.64. The fourth-order valence-electron chi connectivity index (χ4n) is 1.01. The fraction of sp³-hybridized carbons (Fsp3) is 0.286. The minimum Gasteiger partial charge on any atom is -0.386 e. The predicted molar refractivity (Wildman–Crippen MR) is 61.4 cm³/mol. The molecule has 10 heteroatoms. The molecule has 0 atom stereocenters. The van der Waals surface area contributed by atoms with Gasteiger partial charge in [0.15, 0.2) is 0 Å². The molecule has 1 aromatic heterocycles. The minimum atomic E-state index is -5.04. The Bertz CT molecular complexity index is 546. The number of halogens is 5. The molecule has 0 amide bonds. The van der Waals surface area contributed by atoms with E-state index in [1.807, 2.05) is 0 Å². The van der Waals surface area contributed by atoms with Crippen molar-refractivity contribution in [1.82, 2.24) is 4.98 Å². The molecule has 1 aromatic rings. The quantitative estimate of drug-likeness (QED) is 0.565. The third-order valence-corrected chi connectivity index (χ3v) is 4.16. The van der Waals surface area contributed by atoms with E-state index in [-0.39, 0.29) is 5.56 Å². The Balaban J connectivity index is 3.47. The predicted octanol–water partition coefficient (Wildman–Crippen LogP) is 2.82. The smallest absolute Gasteiger partial charge is 0.386 e. The Morgan fingerprint density at radius 1 is 1.47 bits per heavy atom. The summed E-state index contributed by atoms with van der Waals surface area (Å²) in [5.74, 6) is -1.08. The van der Waals surface area contributed by atoms with E-state index in [4.69, 9.17) is 10.7 Å². The maximum atomic E-state index is 12.0. The number of ether oxygens (including phenoxy) is 1. The van der Waals surface area contributed by atoms with Crippen LogP contribution in [0.25, 0.3) is 0 Å². The lowest BCUT2D eigenvalue weighted by molar-refractivity contribution is -0.277. The van der Waals surface area contributed by atoms with Crippen molar-refractivity contribution in [3.05, 3.63) is 15.3 Å². The van der Waals surface area contributed by atoms with Crippen LogP contribution in [0.3, 0.4) is 0 Å². The molecule has 0 fully saturated rings. The van der Waals surface area contributed by atoms with Gasteiger partial charge in [0.25, 0.3) is 9.05 Å². The zero-order valence-corrected chi connectivity index (χ0v) is 11.8. The molecule has 0 aliphatic rings. The van der Waals surface area contributed by atoms with Gasteiger partial charge in [-0.15, -0.1) is 13.2 Å². The van der Waals surface area contributed by atoms with Crippen molar-refractivity contribution in [2.24, 2.45) is 0 Å². The summed E-state index contributed by atoms with van der Waals surface area (Å²) in [6.07, 6.45) is -3.98. The van der Waals surface area contributed by atoms with Crippen LogP contribution < -0.4 is 4.74 Å². The van der Waals surface area contributed by atoms with Crippen LogP contribution >= 0.6 is 33.3 Å². The summed E-state index contributed by atoms with van der Waals surface area (Å²) < 4.78 is 62.4. The van der Waals surface area contributed by atoms with Crippen molar-refractivity contribution in [1.29, 1.82) is 0 Å². The van der Waals surface area contributed by atoms with Crippen LogP contribution in [-0.2, 0) is 9.05 Å². The summed E-state index contributed by atoms with van der Waals surface area (Å²) in [6, 6.07) is 0. The molecule has 0 unspecified atom stereocenters. The van der Waals surface area contributed by atoms with Gasteiger partial charge in [0.05, 0.1) is 0 Å². The average molecular weight is 402 g/mol. The lowest BCUT2D eigenvalue weighted by atomic mass is 10.3. The summed E-state index contributed by atoms with van der Waals surface area (Å²) in [5.41, 5.74) is 0.0508. The van der Waals surface area contributed by atoms with E-state index < -0.39 is 26.2 Å². The molecule has 0 bridgehead atoms. The van der Waals surface area contributed by atoms with E-state index in [0.717, 1.165) is 6.20 Å². The summed E-state index contributed by atoms with van der Waals surface area (Å²) in [5, 5.41) is 0. The number of rotatable bonds is 2. The van der Waals surface area contributed by atoms with E-state index in [1.165, 1.54) is 6.92 Å². The SMILES string of the molecule is Cc1c(I)cnc(OC(F)(F)F)c1S(=O)(=O)Cl. The fourth-order valence-corrected chi connectivity index (χ4v) is 2.92. The van der Waals surface area contributed by atoms with E-state index in [9.17, 15) is 21.6 Å². The molecule has 0 N–H and O–H groups in total. The molecular weight excluding hydrogens is 397 g/mol. The Labute approximate surface area is 113 Å². The number of aromatic nitrogens is 1. The first kappa shape index (κ1) is 14.8. The van der Waals surface area contributed by atoms with Crippen LogP contribution in [0, 0.1) is 10.5 Å². The Morgan fingerprint density at radius 2 is 2.00 bits per heavy atom. The van der Waals surface area contributed by atoms with E-state index in [0.29, 0.717) is 3.57 Å². The second kappa shape index (κ2) is 4.76. The van der Waals surface area contributed by atoms with E-state index in [2.05, 4.69) is 9.72 Å². The van der Waals surface area contributed by atoms with Gasteiger partial charge in [-0.2, -0.15) is 0 Å². The topological polar surface area (TPSA) is 56.3 Å². The molecule has 1 rings (SSSR count). The van der Waals surface area contributed by atoms with Gasteiger partial charge in [0.1, 0.15) is 4.90 Å². The highest BCUT2D eigenvalue weighted by atomic mass is 127. The Hall–Kier alpha value is -0.290. The van der Waals surface area contributed by atoms with Gasteiger partial charge >= 0.3 is 6.36 Å². The molecule has 0 aromatic carbocycles. The first-order valence-electron chi connectivity index (χ1n) is 3.88. The molecule has 0 aliphatic heterocycles. The molecule has 4 nitrogen and oxygen atoms in total. The first-order chi connectivity index (χ1) is 7.52. The highest BCUT2D eigenvalue weighted by molar-refractivity contribution is 14.1. The van der Waals surface area contributed by atoms with Gasteiger partial charge in [0, 0.05) is 20.4 Å². The lowest BCUT2D eigenvalue weighted by Crippen LogP contribution is -2.20. The standard InChI is InChI=1S/C7H4ClF3INO3S/c1-3-4(12)2-13-6(16-7(9,10)11)5(3)17(8,14)15/h2H,1H3. The Kier molecular flexibility index (Phi) is 4.14. The molecule has 0 saturated carbocycles.